The highest BCUT2D eigenvalue weighted by molar-refractivity contribution is 6.02. The van der Waals surface area contributed by atoms with E-state index in [-0.39, 0.29) is 0 Å². The molecule has 1 aliphatic carbocycles. The highest BCUT2D eigenvalue weighted by atomic mass is 16.6. The summed E-state index contributed by atoms with van der Waals surface area (Å²) in [6.07, 6.45) is 4.92. The third kappa shape index (κ3) is 1.61. The molecule has 1 aliphatic rings. The molecule has 0 spiro atoms. The molecule has 2 heteroatoms. The molecule has 0 N–H and O–H groups in total. The van der Waals surface area contributed by atoms with Gasteiger partial charge in [-0.2, -0.15) is 0 Å². The number of oxime groups is 1. The van der Waals surface area contributed by atoms with Crippen molar-refractivity contribution in [2.24, 2.45) is 5.16 Å². The van der Waals surface area contributed by atoms with Crippen LogP contribution in [0.3, 0.4) is 0 Å². The SMILES string of the molecule is CON=C1C=Cc2ccccc2C1. The summed E-state index contributed by atoms with van der Waals surface area (Å²) in [5.41, 5.74) is 3.56. The second kappa shape index (κ2) is 3.44. The van der Waals surface area contributed by atoms with Crippen LogP contribution in [0, 0.1) is 0 Å². The fraction of sp³-hybridized carbons (Fsp3) is 0.182. The van der Waals surface area contributed by atoms with E-state index in [0.717, 1.165) is 12.1 Å². The van der Waals surface area contributed by atoms with Crippen LogP contribution in [0.5, 0.6) is 0 Å². The van der Waals surface area contributed by atoms with E-state index in [1.807, 2.05) is 18.2 Å². The molecule has 13 heavy (non-hydrogen) atoms. The van der Waals surface area contributed by atoms with Gasteiger partial charge in [0.1, 0.15) is 7.11 Å². The minimum absolute atomic E-state index is 0.862. The topological polar surface area (TPSA) is 21.6 Å². The Morgan fingerprint density at radius 3 is 2.92 bits per heavy atom. The third-order valence-electron chi connectivity index (χ3n) is 2.09. The Kier molecular flexibility index (Phi) is 2.13. The van der Waals surface area contributed by atoms with Crippen molar-refractivity contribution in [3.8, 4) is 0 Å². The highest BCUT2D eigenvalue weighted by Crippen LogP contribution is 2.17. The molecule has 0 aliphatic heterocycles. The molecule has 0 heterocycles. The molecule has 1 aromatic carbocycles. The summed E-state index contributed by atoms with van der Waals surface area (Å²) in [4.78, 5) is 4.73. The summed E-state index contributed by atoms with van der Waals surface area (Å²) in [5, 5.41) is 3.91. The van der Waals surface area contributed by atoms with E-state index in [1.54, 1.807) is 7.11 Å². The van der Waals surface area contributed by atoms with Crippen molar-refractivity contribution in [2.45, 2.75) is 6.42 Å². The summed E-state index contributed by atoms with van der Waals surface area (Å²) in [5.74, 6) is 0. The van der Waals surface area contributed by atoms with E-state index >= 15 is 0 Å². The Bertz CT molecular complexity index is 366. The molecule has 66 valence electrons. The first kappa shape index (κ1) is 8.05. The first-order valence-corrected chi connectivity index (χ1v) is 4.26. The Morgan fingerprint density at radius 1 is 1.23 bits per heavy atom. The lowest BCUT2D eigenvalue weighted by atomic mass is 9.96. The van der Waals surface area contributed by atoms with Crippen molar-refractivity contribution in [1.29, 1.82) is 0 Å². The zero-order valence-electron chi connectivity index (χ0n) is 7.53. The summed E-state index contributed by atoms with van der Waals surface area (Å²) in [6, 6.07) is 8.31. The van der Waals surface area contributed by atoms with Gasteiger partial charge < -0.3 is 4.84 Å². The van der Waals surface area contributed by atoms with Crippen LogP contribution in [0.15, 0.2) is 35.5 Å². The van der Waals surface area contributed by atoms with Crippen molar-refractivity contribution in [3.63, 3.8) is 0 Å². The standard InChI is InChI=1S/C11H11NO/c1-13-12-11-7-6-9-4-2-3-5-10(9)8-11/h2-7H,8H2,1H3. The smallest absolute Gasteiger partial charge is 0.106 e. The van der Waals surface area contributed by atoms with Crippen LogP contribution in [0.4, 0.5) is 0 Å². The first-order chi connectivity index (χ1) is 6.40. The first-order valence-electron chi connectivity index (χ1n) is 4.26. The van der Waals surface area contributed by atoms with Gasteiger partial charge in [-0.1, -0.05) is 35.5 Å². The second-order valence-electron chi connectivity index (χ2n) is 2.97. The predicted molar refractivity (Wildman–Crippen MR) is 53.6 cm³/mol. The minimum atomic E-state index is 0.862. The minimum Gasteiger partial charge on any atom is -0.399 e. The number of nitrogens with zero attached hydrogens (tertiary/aromatic N) is 1. The molecule has 0 fully saturated rings. The molecule has 2 nitrogen and oxygen atoms in total. The Hall–Kier alpha value is -1.57. The van der Waals surface area contributed by atoms with Gasteiger partial charge in [0.2, 0.25) is 0 Å². The molecule has 0 saturated heterocycles. The number of fused-ring (bicyclic) bond motifs is 1. The van der Waals surface area contributed by atoms with Gasteiger partial charge >= 0.3 is 0 Å². The van der Waals surface area contributed by atoms with Crippen LogP contribution in [-0.4, -0.2) is 12.8 Å². The van der Waals surface area contributed by atoms with E-state index < -0.39 is 0 Å². The summed E-state index contributed by atoms with van der Waals surface area (Å²) in [7, 11) is 1.57. The zero-order valence-corrected chi connectivity index (χ0v) is 7.53. The quantitative estimate of drug-likeness (QED) is 0.597. The molecule has 0 aromatic heterocycles. The zero-order chi connectivity index (χ0) is 9.10. The largest absolute Gasteiger partial charge is 0.399 e. The van der Waals surface area contributed by atoms with Gasteiger partial charge in [-0.3, -0.25) is 0 Å². The number of allylic oxidation sites excluding steroid dienone is 1. The molecule has 0 atom stereocenters. The van der Waals surface area contributed by atoms with Crippen LogP contribution in [0.25, 0.3) is 6.08 Å². The van der Waals surface area contributed by atoms with Crippen molar-refractivity contribution < 1.29 is 4.84 Å². The van der Waals surface area contributed by atoms with Gasteiger partial charge in [-0.05, 0) is 17.2 Å². The van der Waals surface area contributed by atoms with Gasteiger partial charge in [-0.25, -0.2) is 0 Å². The molecule has 0 radical (unpaired) electrons. The molecule has 0 bridgehead atoms. The Balaban J connectivity index is 2.34. The summed E-state index contributed by atoms with van der Waals surface area (Å²) >= 11 is 0. The molecular formula is C11H11NO. The molecule has 2 rings (SSSR count). The maximum Gasteiger partial charge on any atom is 0.106 e. The predicted octanol–water partition coefficient (Wildman–Crippen LogP) is 2.26. The van der Waals surface area contributed by atoms with Crippen LogP contribution in [0.2, 0.25) is 0 Å². The van der Waals surface area contributed by atoms with Crippen LogP contribution >= 0.6 is 0 Å². The van der Waals surface area contributed by atoms with Crippen molar-refractivity contribution in [2.75, 3.05) is 7.11 Å². The maximum absolute atomic E-state index is 4.73. The maximum atomic E-state index is 4.73. The molecule has 0 unspecified atom stereocenters. The number of hydrogen-bond donors (Lipinski definition) is 0. The summed E-state index contributed by atoms with van der Waals surface area (Å²) < 4.78 is 0. The normalized spacial score (nSPS) is 17.2. The van der Waals surface area contributed by atoms with E-state index in [4.69, 9.17) is 4.84 Å². The number of benzene rings is 1. The van der Waals surface area contributed by atoms with E-state index in [1.165, 1.54) is 11.1 Å². The van der Waals surface area contributed by atoms with Gasteiger partial charge in [-0.15, -0.1) is 0 Å². The lowest BCUT2D eigenvalue weighted by Crippen LogP contribution is -2.05. The lowest BCUT2D eigenvalue weighted by molar-refractivity contribution is 0.213. The third-order valence-corrected chi connectivity index (χ3v) is 2.09. The lowest BCUT2D eigenvalue weighted by Gasteiger charge is -2.10. The van der Waals surface area contributed by atoms with Crippen LogP contribution in [-0.2, 0) is 11.3 Å². The van der Waals surface area contributed by atoms with E-state index in [9.17, 15) is 0 Å². The monoisotopic (exact) mass is 173 g/mol. The fourth-order valence-electron chi connectivity index (χ4n) is 1.48. The fourth-order valence-corrected chi connectivity index (χ4v) is 1.48. The van der Waals surface area contributed by atoms with Crippen LogP contribution in [0.1, 0.15) is 11.1 Å². The van der Waals surface area contributed by atoms with Gasteiger partial charge in [0.25, 0.3) is 0 Å². The average Bonchev–Trinajstić information content (AvgIpc) is 2.18. The van der Waals surface area contributed by atoms with Gasteiger partial charge in [0.05, 0.1) is 5.71 Å². The molecule has 0 amide bonds. The van der Waals surface area contributed by atoms with E-state index in [0.29, 0.717) is 0 Å². The second-order valence-corrected chi connectivity index (χ2v) is 2.97. The number of rotatable bonds is 1. The Morgan fingerprint density at radius 2 is 2.08 bits per heavy atom. The van der Waals surface area contributed by atoms with Crippen LogP contribution < -0.4 is 0 Å². The van der Waals surface area contributed by atoms with Crippen molar-refractivity contribution >= 4 is 11.8 Å². The van der Waals surface area contributed by atoms with E-state index in [2.05, 4.69) is 23.4 Å². The molecular weight excluding hydrogens is 162 g/mol. The van der Waals surface area contributed by atoms with Crippen molar-refractivity contribution in [3.05, 3.63) is 41.5 Å². The van der Waals surface area contributed by atoms with Crippen molar-refractivity contribution in [1.82, 2.24) is 0 Å². The van der Waals surface area contributed by atoms with Gasteiger partial charge in [0, 0.05) is 6.42 Å². The summed E-state index contributed by atoms with van der Waals surface area (Å²) in [6.45, 7) is 0. The molecule has 1 aromatic rings. The Labute approximate surface area is 77.5 Å². The van der Waals surface area contributed by atoms with Gasteiger partial charge in [0.15, 0.2) is 0 Å². The number of hydrogen-bond acceptors (Lipinski definition) is 2. The average molecular weight is 173 g/mol. The molecule has 0 saturated carbocycles. The highest BCUT2D eigenvalue weighted by Gasteiger charge is 2.07.